The molecule has 1 aromatic heterocycles. The number of thioether (sulfide) groups is 1. The van der Waals surface area contributed by atoms with Gasteiger partial charge in [-0.3, -0.25) is 4.79 Å². The Morgan fingerprint density at radius 1 is 1.09 bits per heavy atom. The lowest BCUT2D eigenvalue weighted by Crippen LogP contribution is -2.37. The summed E-state index contributed by atoms with van der Waals surface area (Å²) < 4.78 is 5.52. The highest BCUT2D eigenvalue weighted by Gasteiger charge is 2.26. The van der Waals surface area contributed by atoms with Gasteiger partial charge in [-0.15, -0.1) is 0 Å². The molecular weight excluding hydrogens is 420 g/mol. The largest absolute Gasteiger partial charge is 0.378 e. The molecule has 2 aliphatic rings. The lowest BCUT2D eigenvalue weighted by molar-refractivity contribution is -0.115. The third-order valence-corrected chi connectivity index (χ3v) is 6.54. The van der Waals surface area contributed by atoms with Crippen LogP contribution in [0.3, 0.4) is 0 Å². The molecule has 0 aliphatic carbocycles. The number of carbonyl (C=O) groups excluding carboxylic acids is 1. The van der Waals surface area contributed by atoms with Gasteiger partial charge in [0.15, 0.2) is 5.17 Å². The molecule has 1 amide bonds. The first-order chi connectivity index (χ1) is 15.6. The Morgan fingerprint density at radius 3 is 2.62 bits per heavy atom. The van der Waals surface area contributed by atoms with Gasteiger partial charge in [-0.05, 0) is 54.9 Å². The first-order valence-electron chi connectivity index (χ1n) is 10.7. The first kappa shape index (κ1) is 20.7. The Labute approximate surface area is 191 Å². The van der Waals surface area contributed by atoms with Crippen molar-refractivity contribution in [2.24, 2.45) is 4.99 Å². The number of amides is 1. The number of nitrogens with one attached hydrogen (secondary N) is 1. The Balaban J connectivity index is 1.53. The molecule has 0 spiro atoms. The Morgan fingerprint density at radius 2 is 1.84 bits per heavy atom. The van der Waals surface area contributed by atoms with E-state index in [-0.39, 0.29) is 5.91 Å². The number of ether oxygens (including phenoxy) is 1. The van der Waals surface area contributed by atoms with E-state index in [2.05, 4.69) is 16.3 Å². The van der Waals surface area contributed by atoms with Crippen molar-refractivity contribution in [1.82, 2.24) is 10.3 Å². The van der Waals surface area contributed by atoms with Crippen LogP contribution in [0.25, 0.3) is 17.0 Å². The molecule has 0 atom stereocenters. The van der Waals surface area contributed by atoms with Crippen LogP contribution < -0.4 is 10.2 Å². The Hall–Kier alpha value is -3.16. The van der Waals surface area contributed by atoms with Crippen LogP contribution in [0, 0.1) is 13.8 Å². The van der Waals surface area contributed by atoms with E-state index >= 15 is 0 Å². The summed E-state index contributed by atoms with van der Waals surface area (Å²) in [5.41, 5.74) is 4.93. The van der Waals surface area contributed by atoms with Crippen molar-refractivity contribution in [3.05, 3.63) is 70.1 Å². The van der Waals surface area contributed by atoms with Crippen LogP contribution >= 0.6 is 11.8 Å². The normalized spacial score (nSPS) is 19.2. The van der Waals surface area contributed by atoms with Crippen LogP contribution in [-0.2, 0) is 9.53 Å². The standard InChI is InChI=1S/C25H24N4O2S/c1-16-6-5-7-17(2)22(16)27-25-28-24(30)21(32-25)15-19-14-18-8-3-4-9-20(18)26-23(19)29-10-12-31-13-11-29/h3-9,14-15H,10-13H2,1-2H3,(H,27,28,30)/b21-15+. The van der Waals surface area contributed by atoms with E-state index in [0.29, 0.717) is 23.3 Å². The molecule has 162 valence electrons. The second-order valence-electron chi connectivity index (χ2n) is 7.92. The van der Waals surface area contributed by atoms with Crippen LogP contribution in [0.2, 0.25) is 0 Å². The van der Waals surface area contributed by atoms with Gasteiger partial charge >= 0.3 is 0 Å². The molecule has 2 aliphatic heterocycles. The van der Waals surface area contributed by atoms with Gasteiger partial charge in [-0.2, -0.15) is 0 Å². The number of anilines is 1. The smallest absolute Gasteiger partial charge is 0.264 e. The van der Waals surface area contributed by atoms with E-state index in [9.17, 15) is 4.79 Å². The van der Waals surface area contributed by atoms with Crippen molar-refractivity contribution < 1.29 is 9.53 Å². The maximum atomic E-state index is 12.8. The minimum atomic E-state index is -0.138. The molecule has 0 radical (unpaired) electrons. The summed E-state index contributed by atoms with van der Waals surface area (Å²) in [5, 5.41) is 4.56. The summed E-state index contributed by atoms with van der Waals surface area (Å²) in [7, 11) is 0. The number of fused-ring (bicyclic) bond motifs is 1. The highest BCUT2D eigenvalue weighted by molar-refractivity contribution is 8.18. The fraction of sp³-hybridized carbons (Fsp3) is 0.240. The van der Waals surface area contributed by atoms with E-state index < -0.39 is 0 Å². The zero-order chi connectivity index (χ0) is 22.1. The molecule has 2 saturated heterocycles. The number of morpholine rings is 1. The van der Waals surface area contributed by atoms with Crippen molar-refractivity contribution in [2.75, 3.05) is 31.2 Å². The van der Waals surface area contributed by atoms with Gasteiger partial charge in [-0.25, -0.2) is 9.98 Å². The molecule has 6 nitrogen and oxygen atoms in total. The number of nitrogens with zero attached hydrogens (tertiary/aromatic N) is 3. The van der Waals surface area contributed by atoms with E-state index in [1.807, 2.05) is 62.4 Å². The van der Waals surface area contributed by atoms with Gasteiger partial charge in [0, 0.05) is 24.0 Å². The third kappa shape index (κ3) is 4.13. The maximum Gasteiger partial charge on any atom is 0.264 e. The number of hydrogen-bond donors (Lipinski definition) is 1. The first-order valence-corrected chi connectivity index (χ1v) is 11.5. The topological polar surface area (TPSA) is 66.8 Å². The van der Waals surface area contributed by atoms with Gasteiger partial charge < -0.3 is 15.0 Å². The van der Waals surface area contributed by atoms with Gasteiger partial charge in [-0.1, -0.05) is 36.4 Å². The van der Waals surface area contributed by atoms with Crippen molar-refractivity contribution >= 4 is 51.3 Å². The predicted molar refractivity (Wildman–Crippen MR) is 131 cm³/mol. The summed E-state index contributed by atoms with van der Waals surface area (Å²) in [6.07, 6.45) is 1.93. The number of aromatic nitrogens is 1. The predicted octanol–water partition coefficient (Wildman–Crippen LogP) is 4.58. The summed E-state index contributed by atoms with van der Waals surface area (Å²) in [6, 6.07) is 16.2. The number of hydrogen-bond acceptors (Lipinski definition) is 6. The molecule has 2 aromatic carbocycles. The molecule has 0 unspecified atom stereocenters. The molecule has 3 heterocycles. The van der Waals surface area contributed by atoms with Crippen LogP contribution in [0.4, 0.5) is 11.5 Å². The van der Waals surface area contributed by atoms with Crippen LogP contribution in [0.15, 0.2) is 58.4 Å². The molecule has 32 heavy (non-hydrogen) atoms. The number of rotatable bonds is 3. The second-order valence-corrected chi connectivity index (χ2v) is 8.95. The van der Waals surface area contributed by atoms with Crippen molar-refractivity contribution in [3.63, 3.8) is 0 Å². The lowest BCUT2D eigenvalue weighted by atomic mass is 10.1. The van der Waals surface area contributed by atoms with E-state index in [4.69, 9.17) is 14.7 Å². The lowest BCUT2D eigenvalue weighted by Gasteiger charge is -2.29. The zero-order valence-corrected chi connectivity index (χ0v) is 18.9. The molecule has 0 saturated carbocycles. The average molecular weight is 445 g/mol. The summed E-state index contributed by atoms with van der Waals surface area (Å²) in [6.45, 7) is 6.96. The number of pyridine rings is 1. The van der Waals surface area contributed by atoms with Crippen LogP contribution in [0.1, 0.15) is 16.7 Å². The average Bonchev–Trinajstić information content (AvgIpc) is 3.15. The molecule has 7 heteroatoms. The molecule has 0 bridgehead atoms. The fourth-order valence-electron chi connectivity index (χ4n) is 3.96. The summed E-state index contributed by atoms with van der Waals surface area (Å²) in [5.74, 6) is 0.745. The van der Waals surface area contributed by atoms with E-state index in [1.165, 1.54) is 11.8 Å². The third-order valence-electron chi connectivity index (χ3n) is 5.63. The quantitative estimate of drug-likeness (QED) is 0.599. The highest BCUT2D eigenvalue weighted by atomic mass is 32.2. The van der Waals surface area contributed by atoms with Gasteiger partial charge in [0.05, 0.1) is 29.3 Å². The van der Waals surface area contributed by atoms with Crippen molar-refractivity contribution in [3.8, 4) is 0 Å². The Kier molecular flexibility index (Phi) is 5.68. The highest BCUT2D eigenvalue weighted by Crippen LogP contribution is 2.33. The number of amidine groups is 1. The number of para-hydroxylation sites is 2. The summed E-state index contributed by atoms with van der Waals surface area (Å²) in [4.78, 5) is 25.3. The number of carbonyl (C=O) groups is 1. The molecular formula is C25H24N4O2S. The minimum absolute atomic E-state index is 0.138. The Bertz CT molecular complexity index is 1240. The van der Waals surface area contributed by atoms with Crippen molar-refractivity contribution in [1.29, 1.82) is 0 Å². The van der Waals surface area contributed by atoms with Gasteiger partial charge in [0.25, 0.3) is 5.91 Å². The van der Waals surface area contributed by atoms with Crippen LogP contribution in [0.5, 0.6) is 0 Å². The minimum Gasteiger partial charge on any atom is -0.378 e. The second kappa shape index (κ2) is 8.76. The molecule has 2 fully saturated rings. The maximum absolute atomic E-state index is 12.8. The van der Waals surface area contributed by atoms with Crippen LogP contribution in [-0.4, -0.2) is 42.4 Å². The zero-order valence-electron chi connectivity index (χ0n) is 18.1. The summed E-state index contributed by atoms with van der Waals surface area (Å²) >= 11 is 1.37. The molecule has 5 rings (SSSR count). The monoisotopic (exact) mass is 444 g/mol. The molecule has 1 N–H and O–H groups in total. The van der Waals surface area contributed by atoms with Gasteiger partial charge in [0.2, 0.25) is 0 Å². The van der Waals surface area contributed by atoms with E-state index in [0.717, 1.165) is 52.2 Å². The number of aliphatic imine (C=N–C) groups is 1. The molecule has 3 aromatic rings. The number of benzene rings is 2. The van der Waals surface area contributed by atoms with Crippen molar-refractivity contribution in [2.45, 2.75) is 13.8 Å². The van der Waals surface area contributed by atoms with Gasteiger partial charge in [0.1, 0.15) is 5.82 Å². The number of aryl methyl sites for hydroxylation is 2. The van der Waals surface area contributed by atoms with E-state index in [1.54, 1.807) is 0 Å². The SMILES string of the molecule is Cc1cccc(C)c1N=C1NC(=O)/C(=C\c2cc3ccccc3nc2N2CCOCC2)S1. The fourth-order valence-corrected chi connectivity index (χ4v) is 4.78.